The molecule has 1 aliphatic heterocycles. The molecule has 0 aliphatic carbocycles. The van der Waals surface area contributed by atoms with Crippen molar-refractivity contribution in [3.8, 4) is 11.3 Å². The zero-order chi connectivity index (χ0) is 13.9. The van der Waals surface area contributed by atoms with Gasteiger partial charge in [0, 0.05) is 24.2 Å². The average Bonchev–Trinajstić information content (AvgIpc) is 2.97. The Morgan fingerprint density at radius 2 is 1.95 bits per heavy atom. The first-order valence-corrected chi connectivity index (χ1v) is 6.73. The number of benzene rings is 1. The number of nitrogens with zero attached hydrogens (tertiary/aromatic N) is 2. The van der Waals surface area contributed by atoms with Crippen LogP contribution in [-0.2, 0) is 0 Å². The van der Waals surface area contributed by atoms with Crippen LogP contribution in [0.5, 0.6) is 0 Å². The molecule has 20 heavy (non-hydrogen) atoms. The maximum atomic E-state index is 10.9. The van der Waals surface area contributed by atoms with Crippen LogP contribution in [-0.4, -0.2) is 34.3 Å². The van der Waals surface area contributed by atoms with E-state index in [2.05, 4.69) is 5.16 Å². The van der Waals surface area contributed by atoms with Gasteiger partial charge >= 0.3 is 6.09 Å². The van der Waals surface area contributed by atoms with E-state index in [1.165, 1.54) is 4.90 Å². The summed E-state index contributed by atoms with van der Waals surface area (Å²) in [4.78, 5) is 12.4. The molecule has 3 rings (SSSR count). The fraction of sp³-hybridized carbons (Fsp3) is 0.333. The van der Waals surface area contributed by atoms with Crippen LogP contribution in [0, 0.1) is 0 Å². The van der Waals surface area contributed by atoms with Gasteiger partial charge in [-0.05, 0) is 18.8 Å². The smallest absolute Gasteiger partial charge is 0.407 e. The van der Waals surface area contributed by atoms with Gasteiger partial charge in [-0.3, -0.25) is 0 Å². The summed E-state index contributed by atoms with van der Waals surface area (Å²) < 4.78 is 5.15. The lowest BCUT2D eigenvalue weighted by atomic mass is 9.88. The summed E-state index contributed by atoms with van der Waals surface area (Å²) in [5.74, 6) is 0.312. The Bertz CT molecular complexity index is 586. The highest BCUT2D eigenvalue weighted by molar-refractivity contribution is 5.65. The van der Waals surface area contributed by atoms with Crippen molar-refractivity contribution in [1.82, 2.24) is 10.1 Å². The van der Waals surface area contributed by atoms with E-state index in [0.717, 1.165) is 29.7 Å². The summed E-state index contributed by atoms with van der Waals surface area (Å²) in [5, 5.41) is 13.1. The first-order valence-electron chi connectivity index (χ1n) is 6.73. The van der Waals surface area contributed by atoms with E-state index in [1.54, 1.807) is 6.26 Å². The third-order valence-electron chi connectivity index (χ3n) is 3.85. The predicted octanol–water partition coefficient (Wildman–Crippen LogP) is 3.20. The Kier molecular flexibility index (Phi) is 3.41. The van der Waals surface area contributed by atoms with Crippen molar-refractivity contribution in [2.75, 3.05) is 13.1 Å². The molecule has 0 atom stereocenters. The van der Waals surface area contributed by atoms with E-state index in [9.17, 15) is 4.79 Å². The summed E-state index contributed by atoms with van der Waals surface area (Å²) in [6.07, 6.45) is 2.49. The molecule has 1 amide bonds. The van der Waals surface area contributed by atoms with Crippen LogP contribution in [0.15, 0.2) is 41.1 Å². The molecule has 1 aliphatic rings. The first-order chi connectivity index (χ1) is 9.75. The molecule has 0 unspecified atom stereocenters. The molecule has 104 valence electrons. The van der Waals surface area contributed by atoms with Gasteiger partial charge in [0.25, 0.3) is 0 Å². The number of aromatic nitrogens is 1. The van der Waals surface area contributed by atoms with Gasteiger partial charge in [0.2, 0.25) is 0 Å². The Hall–Kier alpha value is -2.30. The van der Waals surface area contributed by atoms with Crippen LogP contribution in [0.2, 0.25) is 0 Å². The highest BCUT2D eigenvalue weighted by Gasteiger charge is 2.26. The molecule has 0 bridgehead atoms. The number of likely N-dealkylation sites (tertiary alicyclic amines) is 1. The Morgan fingerprint density at radius 1 is 1.25 bits per heavy atom. The molecule has 5 heteroatoms. The van der Waals surface area contributed by atoms with Crippen LogP contribution in [0.3, 0.4) is 0 Å². The monoisotopic (exact) mass is 272 g/mol. The molecule has 1 aromatic carbocycles. The van der Waals surface area contributed by atoms with Gasteiger partial charge in [0.1, 0.15) is 12.0 Å². The molecule has 1 fully saturated rings. The molecular formula is C15H16N2O3. The number of hydrogen-bond donors (Lipinski definition) is 1. The van der Waals surface area contributed by atoms with Gasteiger partial charge in [-0.25, -0.2) is 4.79 Å². The van der Waals surface area contributed by atoms with Crippen molar-refractivity contribution >= 4 is 6.09 Å². The number of carboxylic acid groups (broad SMARTS) is 1. The third kappa shape index (κ3) is 2.39. The molecule has 0 radical (unpaired) electrons. The van der Waals surface area contributed by atoms with Crippen molar-refractivity contribution in [3.63, 3.8) is 0 Å². The number of carbonyl (C=O) groups is 1. The van der Waals surface area contributed by atoms with E-state index < -0.39 is 6.09 Å². The van der Waals surface area contributed by atoms with E-state index in [0.29, 0.717) is 19.0 Å². The van der Waals surface area contributed by atoms with Gasteiger partial charge in [0.15, 0.2) is 0 Å². The van der Waals surface area contributed by atoms with Crippen LogP contribution in [0.4, 0.5) is 4.79 Å². The van der Waals surface area contributed by atoms with Crippen molar-refractivity contribution < 1.29 is 14.4 Å². The second-order valence-electron chi connectivity index (χ2n) is 5.03. The van der Waals surface area contributed by atoms with Gasteiger partial charge in [-0.1, -0.05) is 35.5 Å². The molecule has 2 heterocycles. The SMILES string of the molecule is O=C(O)N1CCC(c2conc2-c2ccccc2)CC1. The predicted molar refractivity (Wildman–Crippen MR) is 73.5 cm³/mol. The molecule has 1 aromatic heterocycles. The largest absolute Gasteiger partial charge is 0.465 e. The summed E-state index contributed by atoms with van der Waals surface area (Å²) >= 11 is 0. The van der Waals surface area contributed by atoms with Crippen molar-refractivity contribution in [2.45, 2.75) is 18.8 Å². The second-order valence-corrected chi connectivity index (χ2v) is 5.03. The van der Waals surface area contributed by atoms with Crippen LogP contribution in [0.1, 0.15) is 24.3 Å². The fourth-order valence-corrected chi connectivity index (χ4v) is 2.73. The maximum absolute atomic E-state index is 10.9. The molecule has 1 saturated heterocycles. The van der Waals surface area contributed by atoms with Crippen LogP contribution < -0.4 is 0 Å². The standard InChI is InChI=1S/C15H16N2O3/c18-15(19)17-8-6-11(7-9-17)13-10-20-16-14(13)12-4-2-1-3-5-12/h1-5,10-11H,6-9H2,(H,18,19). The summed E-state index contributed by atoms with van der Waals surface area (Å²) in [7, 11) is 0. The number of rotatable bonds is 2. The first kappa shape index (κ1) is 12.7. The molecule has 0 spiro atoms. The minimum atomic E-state index is -0.836. The second kappa shape index (κ2) is 5.36. The lowest BCUT2D eigenvalue weighted by molar-refractivity contribution is 0.132. The topological polar surface area (TPSA) is 66.6 Å². The average molecular weight is 272 g/mol. The van der Waals surface area contributed by atoms with E-state index in [-0.39, 0.29) is 0 Å². The lowest BCUT2D eigenvalue weighted by Gasteiger charge is -2.29. The maximum Gasteiger partial charge on any atom is 0.407 e. The Balaban J connectivity index is 1.80. The summed E-state index contributed by atoms with van der Waals surface area (Å²) in [6.45, 7) is 1.14. The number of amides is 1. The normalized spacial score (nSPS) is 16.3. The van der Waals surface area contributed by atoms with Gasteiger partial charge in [-0.2, -0.15) is 0 Å². The highest BCUT2D eigenvalue weighted by Crippen LogP contribution is 2.34. The van der Waals surface area contributed by atoms with E-state index in [1.807, 2.05) is 30.3 Å². The Morgan fingerprint density at radius 3 is 2.60 bits per heavy atom. The molecule has 0 saturated carbocycles. The van der Waals surface area contributed by atoms with Crippen LogP contribution in [0.25, 0.3) is 11.3 Å². The number of hydrogen-bond acceptors (Lipinski definition) is 3. The van der Waals surface area contributed by atoms with Crippen molar-refractivity contribution in [2.24, 2.45) is 0 Å². The summed E-state index contributed by atoms with van der Waals surface area (Å²) in [5.41, 5.74) is 3.00. The summed E-state index contributed by atoms with van der Waals surface area (Å²) in [6, 6.07) is 9.93. The van der Waals surface area contributed by atoms with Crippen molar-refractivity contribution in [3.05, 3.63) is 42.2 Å². The molecule has 2 aromatic rings. The molecule has 1 N–H and O–H groups in total. The van der Waals surface area contributed by atoms with E-state index in [4.69, 9.17) is 9.63 Å². The quantitative estimate of drug-likeness (QED) is 0.911. The fourth-order valence-electron chi connectivity index (χ4n) is 2.73. The molecule has 5 nitrogen and oxygen atoms in total. The van der Waals surface area contributed by atoms with Gasteiger partial charge in [0.05, 0.1) is 0 Å². The minimum absolute atomic E-state index is 0.312. The zero-order valence-electron chi connectivity index (χ0n) is 11.0. The van der Waals surface area contributed by atoms with Crippen LogP contribution >= 0.6 is 0 Å². The lowest BCUT2D eigenvalue weighted by Crippen LogP contribution is -2.36. The van der Waals surface area contributed by atoms with Gasteiger partial charge in [-0.15, -0.1) is 0 Å². The zero-order valence-corrected chi connectivity index (χ0v) is 11.0. The highest BCUT2D eigenvalue weighted by atomic mass is 16.5. The van der Waals surface area contributed by atoms with Gasteiger partial charge < -0.3 is 14.5 Å². The van der Waals surface area contributed by atoms with E-state index >= 15 is 0 Å². The number of piperidine rings is 1. The van der Waals surface area contributed by atoms with Crippen molar-refractivity contribution in [1.29, 1.82) is 0 Å². The minimum Gasteiger partial charge on any atom is -0.465 e. The Labute approximate surface area is 116 Å². The third-order valence-corrected chi connectivity index (χ3v) is 3.85. The molecular weight excluding hydrogens is 256 g/mol.